The Balaban J connectivity index is 1.32. The molecule has 0 atom stereocenters. The molecule has 1 aliphatic heterocycles. The molecule has 2 aromatic heterocycles. The Morgan fingerprint density at radius 3 is 2.71 bits per heavy atom. The van der Waals surface area contributed by atoms with E-state index in [1.165, 1.54) is 23.5 Å². The van der Waals surface area contributed by atoms with E-state index in [4.69, 9.17) is 14.2 Å². The molecule has 1 aliphatic rings. The molecule has 0 aliphatic carbocycles. The Kier molecular flexibility index (Phi) is 4.28. The number of halogens is 1. The molecule has 5 rings (SSSR count). The quantitative estimate of drug-likeness (QED) is 0.514. The van der Waals surface area contributed by atoms with Crippen LogP contribution in [0.15, 0.2) is 42.5 Å². The number of hydrogen-bond acceptors (Lipinski definition) is 7. The number of fused-ring (bicyclic) bond motifs is 2. The van der Waals surface area contributed by atoms with Gasteiger partial charge in [-0.3, -0.25) is 0 Å². The van der Waals surface area contributed by atoms with E-state index in [-0.39, 0.29) is 12.4 Å². The SMILES string of the molecule is Fc1ccc(OCc2nnc3sc(Cc4ccc5c(c4)OCCO5)nn23)cc1. The summed E-state index contributed by atoms with van der Waals surface area (Å²) >= 11 is 1.47. The van der Waals surface area contributed by atoms with E-state index in [0.29, 0.717) is 36.2 Å². The molecule has 0 fully saturated rings. The van der Waals surface area contributed by atoms with Gasteiger partial charge in [0.15, 0.2) is 17.3 Å². The van der Waals surface area contributed by atoms with Crippen LogP contribution in [0.3, 0.4) is 0 Å². The minimum atomic E-state index is -0.305. The van der Waals surface area contributed by atoms with Crippen LogP contribution in [-0.2, 0) is 13.0 Å². The summed E-state index contributed by atoms with van der Waals surface area (Å²) in [5, 5.41) is 13.8. The highest BCUT2D eigenvalue weighted by Gasteiger charge is 2.15. The number of aromatic nitrogens is 4. The fraction of sp³-hybridized carbons (Fsp3) is 0.211. The van der Waals surface area contributed by atoms with Gasteiger partial charge < -0.3 is 14.2 Å². The molecule has 0 spiro atoms. The summed E-state index contributed by atoms with van der Waals surface area (Å²) < 4.78 is 31.5. The molecule has 0 bridgehead atoms. The fourth-order valence-corrected chi connectivity index (χ4v) is 3.80. The first kappa shape index (κ1) is 16.9. The standard InChI is InChI=1S/C19H15FN4O3S/c20-13-2-4-14(5-3-13)27-11-17-21-22-19-24(17)23-18(28-19)10-12-1-6-15-16(9-12)26-8-7-25-15/h1-6,9H,7-8,10-11H2. The molecule has 3 heterocycles. The molecule has 7 nitrogen and oxygen atoms in total. The summed E-state index contributed by atoms with van der Waals surface area (Å²) in [5.74, 6) is 2.38. The first-order chi connectivity index (χ1) is 13.7. The molecule has 0 N–H and O–H groups in total. The molecule has 142 valence electrons. The average Bonchev–Trinajstić information content (AvgIpc) is 3.28. The van der Waals surface area contributed by atoms with Gasteiger partial charge in [0.2, 0.25) is 4.96 Å². The van der Waals surface area contributed by atoms with Crippen LogP contribution in [0.5, 0.6) is 17.2 Å². The van der Waals surface area contributed by atoms with Gasteiger partial charge in [-0.15, -0.1) is 10.2 Å². The third-order valence-electron chi connectivity index (χ3n) is 4.24. The lowest BCUT2D eigenvalue weighted by Gasteiger charge is -2.18. The Morgan fingerprint density at radius 2 is 1.86 bits per heavy atom. The van der Waals surface area contributed by atoms with Crippen LogP contribution in [0, 0.1) is 5.82 Å². The number of hydrogen-bond donors (Lipinski definition) is 0. The molecule has 0 amide bonds. The predicted octanol–water partition coefficient (Wildman–Crippen LogP) is 3.27. The van der Waals surface area contributed by atoms with E-state index in [2.05, 4.69) is 15.3 Å². The highest BCUT2D eigenvalue weighted by atomic mass is 32.1. The highest BCUT2D eigenvalue weighted by Crippen LogP contribution is 2.31. The van der Waals surface area contributed by atoms with E-state index in [1.54, 1.807) is 16.6 Å². The largest absolute Gasteiger partial charge is 0.486 e. The molecular weight excluding hydrogens is 383 g/mol. The van der Waals surface area contributed by atoms with Crippen LogP contribution >= 0.6 is 11.3 Å². The second kappa shape index (κ2) is 7.08. The Morgan fingerprint density at radius 1 is 1.04 bits per heavy atom. The smallest absolute Gasteiger partial charge is 0.234 e. The van der Waals surface area contributed by atoms with E-state index in [9.17, 15) is 4.39 Å². The highest BCUT2D eigenvalue weighted by molar-refractivity contribution is 7.16. The fourth-order valence-electron chi connectivity index (χ4n) is 2.91. The first-order valence-corrected chi connectivity index (χ1v) is 9.53. The molecule has 9 heteroatoms. The maximum absolute atomic E-state index is 13.0. The van der Waals surface area contributed by atoms with Gasteiger partial charge in [-0.25, -0.2) is 4.39 Å². The number of nitrogens with zero attached hydrogens (tertiary/aromatic N) is 4. The molecule has 4 aromatic rings. The van der Waals surface area contributed by atoms with Gasteiger partial charge >= 0.3 is 0 Å². The zero-order valence-corrected chi connectivity index (χ0v) is 15.5. The van der Waals surface area contributed by atoms with Crippen molar-refractivity contribution in [3.05, 3.63) is 64.7 Å². The average molecular weight is 398 g/mol. The zero-order valence-electron chi connectivity index (χ0n) is 14.7. The molecule has 0 saturated carbocycles. The topological polar surface area (TPSA) is 70.8 Å². The van der Waals surface area contributed by atoms with Crippen LogP contribution < -0.4 is 14.2 Å². The van der Waals surface area contributed by atoms with Crippen molar-refractivity contribution in [1.82, 2.24) is 19.8 Å². The van der Waals surface area contributed by atoms with Crippen molar-refractivity contribution in [1.29, 1.82) is 0 Å². The maximum Gasteiger partial charge on any atom is 0.234 e. The monoisotopic (exact) mass is 398 g/mol. The van der Waals surface area contributed by atoms with Crippen LogP contribution in [0.25, 0.3) is 4.96 Å². The molecule has 2 aromatic carbocycles. The van der Waals surface area contributed by atoms with Crippen LogP contribution in [-0.4, -0.2) is 33.0 Å². The second-order valence-corrected chi connectivity index (χ2v) is 7.24. The summed E-state index contributed by atoms with van der Waals surface area (Å²) in [7, 11) is 0. The van der Waals surface area contributed by atoms with Crippen LogP contribution in [0.4, 0.5) is 4.39 Å². The summed E-state index contributed by atoms with van der Waals surface area (Å²) in [5.41, 5.74) is 1.08. The van der Waals surface area contributed by atoms with Crippen molar-refractivity contribution >= 4 is 16.3 Å². The molecule has 28 heavy (non-hydrogen) atoms. The minimum Gasteiger partial charge on any atom is -0.486 e. The minimum absolute atomic E-state index is 0.194. The van der Waals surface area contributed by atoms with Gasteiger partial charge in [-0.05, 0) is 42.0 Å². The molecule has 0 radical (unpaired) electrons. The second-order valence-electron chi connectivity index (χ2n) is 6.20. The van der Waals surface area contributed by atoms with Gasteiger partial charge in [0.25, 0.3) is 0 Å². The molecule has 0 saturated heterocycles. The normalized spacial score (nSPS) is 13.0. The number of rotatable bonds is 5. The van der Waals surface area contributed by atoms with Crippen LogP contribution in [0.1, 0.15) is 16.4 Å². The van der Waals surface area contributed by atoms with Crippen molar-refractivity contribution < 1.29 is 18.6 Å². The van der Waals surface area contributed by atoms with E-state index < -0.39 is 0 Å². The first-order valence-electron chi connectivity index (χ1n) is 8.71. The van der Waals surface area contributed by atoms with Crippen molar-refractivity contribution in [2.45, 2.75) is 13.0 Å². The lowest BCUT2D eigenvalue weighted by molar-refractivity contribution is 0.171. The van der Waals surface area contributed by atoms with Gasteiger partial charge in [0, 0.05) is 6.42 Å². The van der Waals surface area contributed by atoms with Gasteiger partial charge in [0.05, 0.1) is 0 Å². The summed E-state index contributed by atoms with van der Waals surface area (Å²) in [6, 6.07) is 11.8. The summed E-state index contributed by atoms with van der Waals surface area (Å²) in [6.07, 6.45) is 0.656. The van der Waals surface area contributed by atoms with Gasteiger partial charge in [-0.2, -0.15) is 9.61 Å². The maximum atomic E-state index is 13.0. The number of benzene rings is 2. The lowest BCUT2D eigenvalue weighted by Crippen LogP contribution is -2.15. The third kappa shape index (κ3) is 3.36. The summed E-state index contributed by atoms with van der Waals surface area (Å²) in [6.45, 7) is 1.33. The van der Waals surface area contributed by atoms with Gasteiger partial charge in [0.1, 0.15) is 36.4 Å². The third-order valence-corrected chi connectivity index (χ3v) is 5.14. The Labute approximate surface area is 163 Å². The van der Waals surface area contributed by atoms with Crippen molar-refractivity contribution in [2.24, 2.45) is 0 Å². The van der Waals surface area contributed by atoms with Crippen molar-refractivity contribution in [3.63, 3.8) is 0 Å². The molecular formula is C19H15FN4O3S. The molecule has 0 unspecified atom stereocenters. The van der Waals surface area contributed by atoms with Gasteiger partial charge in [-0.1, -0.05) is 17.4 Å². The Hall–Kier alpha value is -3.20. The predicted molar refractivity (Wildman–Crippen MR) is 99.6 cm³/mol. The van der Waals surface area contributed by atoms with Crippen LogP contribution in [0.2, 0.25) is 0 Å². The van der Waals surface area contributed by atoms with Crippen molar-refractivity contribution in [3.8, 4) is 17.2 Å². The lowest BCUT2D eigenvalue weighted by atomic mass is 10.1. The van der Waals surface area contributed by atoms with E-state index in [0.717, 1.165) is 22.1 Å². The zero-order chi connectivity index (χ0) is 18.9. The Bertz CT molecular complexity index is 1130. The van der Waals surface area contributed by atoms with E-state index in [1.807, 2.05) is 18.2 Å². The van der Waals surface area contributed by atoms with E-state index >= 15 is 0 Å². The number of ether oxygens (including phenoxy) is 3. The van der Waals surface area contributed by atoms with Crippen molar-refractivity contribution in [2.75, 3.05) is 13.2 Å². The summed E-state index contributed by atoms with van der Waals surface area (Å²) in [4.78, 5) is 0.699.